The van der Waals surface area contributed by atoms with Gasteiger partial charge >= 0.3 is 5.97 Å². The van der Waals surface area contributed by atoms with E-state index in [0.717, 1.165) is 5.56 Å². The van der Waals surface area contributed by atoms with Gasteiger partial charge in [0.2, 0.25) is 0 Å². The fraction of sp³-hybridized carbons (Fsp3) is 0.321. The number of ether oxygens (including phenoxy) is 1. The number of carbonyl (C=O) groups is 2. The first-order valence-corrected chi connectivity index (χ1v) is 12.4. The molecule has 0 saturated carbocycles. The average molecular weight is 522 g/mol. The highest BCUT2D eigenvalue weighted by atomic mass is 16.5. The summed E-state index contributed by atoms with van der Waals surface area (Å²) in [7, 11) is 0. The maximum absolute atomic E-state index is 12.5. The lowest BCUT2D eigenvalue weighted by Crippen LogP contribution is -2.56. The topological polar surface area (TPSA) is 154 Å². The van der Waals surface area contributed by atoms with Crippen LogP contribution in [-0.2, 0) is 4.79 Å². The SMILES string of the molecule is CCC(O)C1NC(c2cc(Oc3cccc(NC(=O)c4occc4C)c3)ccn2)=CC1(C(=O)O)C(O)CC. The van der Waals surface area contributed by atoms with Crippen molar-refractivity contribution >= 4 is 23.3 Å². The zero-order chi connectivity index (χ0) is 27.4. The fourth-order valence-electron chi connectivity index (χ4n) is 4.62. The van der Waals surface area contributed by atoms with Crippen molar-refractivity contribution in [3.8, 4) is 11.5 Å². The van der Waals surface area contributed by atoms with E-state index in [-0.39, 0.29) is 18.1 Å². The first kappa shape index (κ1) is 26.9. The van der Waals surface area contributed by atoms with Crippen LogP contribution in [0.15, 0.2) is 65.4 Å². The van der Waals surface area contributed by atoms with Crippen LogP contribution in [-0.4, -0.2) is 50.4 Å². The standard InChI is InChI=1S/C28H31N3O7/c1-4-22(32)25-28(27(35)36,23(33)5-2)15-21(31-25)20-14-19(9-11-29-20)38-18-8-6-7-17(13-18)30-26(34)24-16(3)10-12-37-24/h6-15,22-23,25,31-33H,4-5H2,1-3H3,(H,30,34)(H,35,36). The minimum absolute atomic E-state index is 0.188. The van der Waals surface area contributed by atoms with Crippen molar-refractivity contribution in [1.29, 1.82) is 0 Å². The molecule has 4 rings (SSSR count). The first-order valence-electron chi connectivity index (χ1n) is 12.4. The van der Waals surface area contributed by atoms with Crippen molar-refractivity contribution in [3.63, 3.8) is 0 Å². The number of carboxylic acids is 1. The molecule has 0 saturated heterocycles. The Balaban J connectivity index is 1.58. The van der Waals surface area contributed by atoms with Crippen LogP contribution in [0.25, 0.3) is 5.70 Å². The molecule has 2 aromatic heterocycles. The van der Waals surface area contributed by atoms with E-state index in [1.54, 1.807) is 63.2 Å². The van der Waals surface area contributed by atoms with E-state index in [1.165, 1.54) is 18.5 Å². The summed E-state index contributed by atoms with van der Waals surface area (Å²) in [5, 5.41) is 37.3. The second-order valence-electron chi connectivity index (χ2n) is 9.21. The van der Waals surface area contributed by atoms with E-state index in [4.69, 9.17) is 9.15 Å². The normalized spacial score (nSPS) is 20.2. The van der Waals surface area contributed by atoms with E-state index >= 15 is 0 Å². The lowest BCUT2D eigenvalue weighted by atomic mass is 9.73. The molecular weight excluding hydrogens is 490 g/mol. The first-order chi connectivity index (χ1) is 18.2. The molecule has 4 unspecified atom stereocenters. The van der Waals surface area contributed by atoms with Gasteiger partial charge in [-0.2, -0.15) is 0 Å². The number of nitrogens with one attached hydrogen (secondary N) is 2. The number of rotatable bonds is 10. The predicted molar refractivity (Wildman–Crippen MR) is 140 cm³/mol. The number of aliphatic hydroxyl groups excluding tert-OH is 2. The smallest absolute Gasteiger partial charge is 0.318 e. The number of amides is 1. The van der Waals surface area contributed by atoms with Gasteiger partial charge in [0.15, 0.2) is 5.76 Å². The number of aliphatic carboxylic acids is 1. The Morgan fingerprint density at radius 1 is 1.16 bits per heavy atom. The molecule has 0 aliphatic carbocycles. The third-order valence-corrected chi connectivity index (χ3v) is 6.72. The largest absolute Gasteiger partial charge is 0.480 e. The number of pyridine rings is 1. The van der Waals surface area contributed by atoms with Crippen molar-refractivity contribution in [2.24, 2.45) is 5.41 Å². The van der Waals surface area contributed by atoms with Crippen LogP contribution in [0, 0.1) is 12.3 Å². The Kier molecular flexibility index (Phi) is 7.84. The van der Waals surface area contributed by atoms with Gasteiger partial charge in [0.1, 0.15) is 16.9 Å². The molecule has 5 N–H and O–H groups in total. The van der Waals surface area contributed by atoms with Crippen LogP contribution >= 0.6 is 0 Å². The summed E-state index contributed by atoms with van der Waals surface area (Å²) in [4.78, 5) is 29.2. The van der Waals surface area contributed by atoms with Crippen LogP contribution < -0.4 is 15.4 Å². The maximum Gasteiger partial charge on any atom is 0.318 e. The minimum Gasteiger partial charge on any atom is -0.480 e. The molecule has 10 heteroatoms. The van der Waals surface area contributed by atoms with Gasteiger partial charge in [-0.15, -0.1) is 0 Å². The molecule has 1 amide bonds. The number of aromatic nitrogens is 1. The Hall–Kier alpha value is -4.15. The van der Waals surface area contributed by atoms with Crippen LogP contribution in [0.2, 0.25) is 0 Å². The summed E-state index contributed by atoms with van der Waals surface area (Å²) in [5.41, 5.74) is 0.268. The van der Waals surface area contributed by atoms with Gasteiger partial charge in [0, 0.05) is 29.6 Å². The van der Waals surface area contributed by atoms with E-state index in [2.05, 4.69) is 15.6 Å². The highest BCUT2D eigenvalue weighted by Crippen LogP contribution is 2.41. The van der Waals surface area contributed by atoms with E-state index in [1.807, 2.05) is 0 Å². The van der Waals surface area contributed by atoms with Crippen molar-refractivity contribution < 1.29 is 34.1 Å². The van der Waals surface area contributed by atoms with Crippen molar-refractivity contribution in [2.45, 2.75) is 51.9 Å². The summed E-state index contributed by atoms with van der Waals surface area (Å²) in [6.07, 6.45) is 2.66. The quantitative estimate of drug-likeness (QED) is 0.267. The van der Waals surface area contributed by atoms with Gasteiger partial charge in [-0.1, -0.05) is 19.9 Å². The molecule has 200 valence electrons. The fourth-order valence-corrected chi connectivity index (χ4v) is 4.62. The molecule has 38 heavy (non-hydrogen) atoms. The van der Waals surface area contributed by atoms with Crippen molar-refractivity contribution in [1.82, 2.24) is 10.3 Å². The summed E-state index contributed by atoms with van der Waals surface area (Å²) >= 11 is 0. The van der Waals surface area contributed by atoms with Gasteiger partial charge in [0.25, 0.3) is 5.91 Å². The summed E-state index contributed by atoms with van der Waals surface area (Å²) < 4.78 is 11.2. The summed E-state index contributed by atoms with van der Waals surface area (Å²) in [5.74, 6) is -0.521. The molecule has 0 radical (unpaired) electrons. The second-order valence-corrected chi connectivity index (χ2v) is 9.21. The zero-order valence-corrected chi connectivity index (χ0v) is 21.3. The number of carboxylic acid groups (broad SMARTS) is 1. The molecule has 4 atom stereocenters. The third kappa shape index (κ3) is 5.13. The Morgan fingerprint density at radius 3 is 2.58 bits per heavy atom. The van der Waals surface area contributed by atoms with Crippen LogP contribution in [0.4, 0.5) is 5.69 Å². The second kappa shape index (κ2) is 11.1. The lowest BCUT2D eigenvalue weighted by Gasteiger charge is -2.36. The summed E-state index contributed by atoms with van der Waals surface area (Å²) in [6, 6.07) is 10.9. The average Bonchev–Trinajstić information content (AvgIpc) is 3.53. The molecule has 3 aromatic rings. The molecule has 0 fully saturated rings. The Morgan fingerprint density at radius 2 is 1.92 bits per heavy atom. The van der Waals surface area contributed by atoms with Gasteiger partial charge in [-0.3, -0.25) is 14.6 Å². The van der Waals surface area contributed by atoms with Crippen molar-refractivity contribution in [2.75, 3.05) is 5.32 Å². The predicted octanol–water partition coefficient (Wildman–Crippen LogP) is 3.95. The van der Waals surface area contributed by atoms with E-state index < -0.39 is 29.6 Å². The Labute approximate surface area is 220 Å². The van der Waals surface area contributed by atoms with Crippen molar-refractivity contribution in [3.05, 3.63) is 78.0 Å². The molecular formula is C28H31N3O7. The molecule has 3 heterocycles. The zero-order valence-electron chi connectivity index (χ0n) is 21.3. The highest BCUT2D eigenvalue weighted by Gasteiger charge is 2.55. The van der Waals surface area contributed by atoms with Gasteiger partial charge < -0.3 is 35.1 Å². The lowest BCUT2D eigenvalue weighted by molar-refractivity contribution is -0.156. The number of aryl methyl sites for hydroxylation is 1. The monoisotopic (exact) mass is 521 g/mol. The van der Waals surface area contributed by atoms with Gasteiger partial charge in [0.05, 0.1) is 35.9 Å². The van der Waals surface area contributed by atoms with E-state index in [0.29, 0.717) is 35.0 Å². The van der Waals surface area contributed by atoms with Crippen LogP contribution in [0.3, 0.4) is 0 Å². The highest BCUT2D eigenvalue weighted by molar-refractivity contribution is 6.03. The molecule has 10 nitrogen and oxygen atoms in total. The Bertz CT molecular complexity index is 1350. The van der Waals surface area contributed by atoms with Gasteiger partial charge in [-0.25, -0.2) is 0 Å². The minimum atomic E-state index is -1.73. The van der Waals surface area contributed by atoms with Gasteiger partial charge in [-0.05, 0) is 50.1 Å². The number of benzene rings is 1. The van der Waals surface area contributed by atoms with E-state index in [9.17, 15) is 24.9 Å². The molecule has 0 bridgehead atoms. The number of anilines is 1. The third-order valence-electron chi connectivity index (χ3n) is 6.72. The molecule has 1 aromatic carbocycles. The van der Waals surface area contributed by atoms with Crippen LogP contribution in [0.5, 0.6) is 11.5 Å². The molecule has 0 spiro atoms. The number of nitrogens with zero attached hydrogens (tertiary/aromatic N) is 1. The van der Waals surface area contributed by atoms with Crippen LogP contribution in [0.1, 0.15) is 48.5 Å². The maximum atomic E-state index is 12.5. The summed E-state index contributed by atoms with van der Waals surface area (Å²) in [6.45, 7) is 5.21. The number of carbonyl (C=O) groups excluding carboxylic acids is 1. The number of aliphatic hydroxyl groups is 2. The molecule has 1 aliphatic rings. The number of hydrogen-bond donors (Lipinski definition) is 5. The molecule has 1 aliphatic heterocycles. The number of furan rings is 1. The number of hydrogen-bond acceptors (Lipinski definition) is 8.